The molecule has 1 nitrogen and oxygen atoms in total. The van der Waals surface area contributed by atoms with E-state index in [9.17, 15) is 0 Å². The molecule has 0 saturated heterocycles. The monoisotopic (exact) mass is 215 g/mol. The Balaban J connectivity index is 2.22. The van der Waals surface area contributed by atoms with Crippen molar-refractivity contribution in [2.45, 2.75) is 57.2 Å². The average molecular weight is 215 g/mol. The Labute approximate surface area is 93.4 Å². The van der Waals surface area contributed by atoms with Gasteiger partial charge in [0.25, 0.3) is 0 Å². The molecule has 2 atom stereocenters. The van der Waals surface area contributed by atoms with E-state index in [1.165, 1.54) is 38.6 Å². The van der Waals surface area contributed by atoms with Crippen LogP contribution in [0.2, 0.25) is 0 Å². The molecule has 14 heavy (non-hydrogen) atoms. The highest BCUT2D eigenvalue weighted by Crippen LogP contribution is 2.28. The van der Waals surface area contributed by atoms with Gasteiger partial charge in [-0.3, -0.25) is 0 Å². The topological polar surface area (TPSA) is 12.0 Å². The van der Waals surface area contributed by atoms with Crippen LogP contribution in [0.4, 0.5) is 0 Å². The molecule has 0 radical (unpaired) electrons. The van der Waals surface area contributed by atoms with Gasteiger partial charge in [0.2, 0.25) is 0 Å². The van der Waals surface area contributed by atoms with E-state index in [1.54, 1.807) is 0 Å². The van der Waals surface area contributed by atoms with Crippen molar-refractivity contribution in [2.24, 2.45) is 5.92 Å². The van der Waals surface area contributed by atoms with Crippen molar-refractivity contribution in [1.82, 2.24) is 5.32 Å². The Morgan fingerprint density at radius 1 is 1.29 bits per heavy atom. The van der Waals surface area contributed by atoms with Gasteiger partial charge in [0, 0.05) is 11.3 Å². The zero-order valence-electron chi connectivity index (χ0n) is 9.88. The lowest BCUT2D eigenvalue weighted by Gasteiger charge is -2.22. The van der Waals surface area contributed by atoms with Crippen LogP contribution in [-0.2, 0) is 0 Å². The fourth-order valence-corrected chi connectivity index (χ4v) is 3.30. The van der Waals surface area contributed by atoms with Gasteiger partial charge in [0.05, 0.1) is 0 Å². The minimum Gasteiger partial charge on any atom is -0.313 e. The molecule has 0 aliphatic heterocycles. The lowest BCUT2D eigenvalue weighted by atomic mass is 10.0. The molecule has 2 heteroatoms. The molecule has 0 amide bonds. The third-order valence-electron chi connectivity index (χ3n) is 3.58. The van der Waals surface area contributed by atoms with Gasteiger partial charge < -0.3 is 5.32 Å². The molecule has 0 aromatic carbocycles. The molecule has 1 aliphatic carbocycles. The largest absolute Gasteiger partial charge is 0.313 e. The molecule has 2 unspecified atom stereocenters. The number of nitrogens with one attached hydrogen (secondary N) is 1. The van der Waals surface area contributed by atoms with E-state index in [0.29, 0.717) is 0 Å². The number of thioether (sulfide) groups is 1. The van der Waals surface area contributed by atoms with E-state index in [1.807, 2.05) is 11.8 Å². The van der Waals surface area contributed by atoms with Crippen LogP contribution in [0.5, 0.6) is 0 Å². The predicted molar refractivity (Wildman–Crippen MR) is 67.0 cm³/mol. The first-order valence-electron chi connectivity index (χ1n) is 6.07. The first kappa shape index (κ1) is 12.4. The standard InChI is InChI=1S/C12H25NS/c1-4-10(5-2)9-13-11-7-6-8-12(11)14-3/h10-13H,4-9H2,1-3H3. The van der Waals surface area contributed by atoms with Gasteiger partial charge in [-0.05, 0) is 31.6 Å². The van der Waals surface area contributed by atoms with E-state index < -0.39 is 0 Å². The van der Waals surface area contributed by atoms with Crippen molar-refractivity contribution in [3.05, 3.63) is 0 Å². The van der Waals surface area contributed by atoms with Gasteiger partial charge in [-0.25, -0.2) is 0 Å². The summed E-state index contributed by atoms with van der Waals surface area (Å²) in [7, 11) is 0. The smallest absolute Gasteiger partial charge is 0.0198 e. The van der Waals surface area contributed by atoms with E-state index in [0.717, 1.165) is 17.2 Å². The molecular weight excluding hydrogens is 190 g/mol. The molecule has 0 bridgehead atoms. The molecule has 1 saturated carbocycles. The zero-order valence-corrected chi connectivity index (χ0v) is 10.7. The van der Waals surface area contributed by atoms with E-state index in [2.05, 4.69) is 25.4 Å². The molecule has 0 aromatic rings. The summed E-state index contributed by atoms with van der Waals surface area (Å²) in [4.78, 5) is 0. The molecule has 1 aliphatic rings. The van der Waals surface area contributed by atoms with Crippen LogP contribution in [0.15, 0.2) is 0 Å². The van der Waals surface area contributed by atoms with Crippen LogP contribution in [-0.4, -0.2) is 24.1 Å². The van der Waals surface area contributed by atoms with Crippen molar-refractivity contribution in [3.8, 4) is 0 Å². The maximum atomic E-state index is 3.76. The molecular formula is C12H25NS. The fraction of sp³-hybridized carbons (Fsp3) is 1.00. The first-order chi connectivity index (χ1) is 6.81. The lowest BCUT2D eigenvalue weighted by molar-refractivity contribution is 0.412. The summed E-state index contributed by atoms with van der Waals surface area (Å²) in [5.74, 6) is 0.887. The molecule has 0 heterocycles. The molecule has 84 valence electrons. The van der Waals surface area contributed by atoms with Crippen molar-refractivity contribution in [3.63, 3.8) is 0 Å². The Kier molecular flexibility index (Phi) is 5.95. The van der Waals surface area contributed by atoms with Crippen molar-refractivity contribution >= 4 is 11.8 Å². The van der Waals surface area contributed by atoms with E-state index >= 15 is 0 Å². The second-order valence-electron chi connectivity index (χ2n) is 4.40. The number of rotatable bonds is 6. The summed E-state index contributed by atoms with van der Waals surface area (Å²) in [6.07, 6.45) is 9.13. The van der Waals surface area contributed by atoms with Crippen molar-refractivity contribution < 1.29 is 0 Å². The Bertz CT molecular complexity index is 145. The van der Waals surface area contributed by atoms with Gasteiger partial charge in [-0.2, -0.15) is 11.8 Å². The summed E-state index contributed by atoms with van der Waals surface area (Å²) in [5.41, 5.74) is 0. The van der Waals surface area contributed by atoms with Gasteiger partial charge >= 0.3 is 0 Å². The highest BCUT2D eigenvalue weighted by Gasteiger charge is 2.26. The number of hydrogen-bond donors (Lipinski definition) is 1. The minimum atomic E-state index is 0.797. The summed E-state index contributed by atoms with van der Waals surface area (Å²) < 4.78 is 0. The fourth-order valence-electron chi connectivity index (χ4n) is 2.34. The van der Waals surface area contributed by atoms with Crippen LogP contribution < -0.4 is 5.32 Å². The second-order valence-corrected chi connectivity index (χ2v) is 5.48. The summed E-state index contributed by atoms with van der Waals surface area (Å²) in [6, 6.07) is 0.797. The SMILES string of the molecule is CCC(CC)CNC1CCCC1SC. The minimum absolute atomic E-state index is 0.797. The highest BCUT2D eigenvalue weighted by molar-refractivity contribution is 7.99. The molecule has 1 rings (SSSR count). The summed E-state index contributed by atoms with van der Waals surface area (Å²) in [6.45, 7) is 5.84. The molecule has 0 aromatic heterocycles. The Morgan fingerprint density at radius 3 is 2.57 bits per heavy atom. The molecule has 1 N–H and O–H groups in total. The third kappa shape index (κ3) is 3.47. The number of hydrogen-bond acceptors (Lipinski definition) is 2. The summed E-state index contributed by atoms with van der Waals surface area (Å²) >= 11 is 2.04. The highest BCUT2D eigenvalue weighted by atomic mass is 32.2. The maximum Gasteiger partial charge on any atom is 0.0198 e. The van der Waals surface area contributed by atoms with Gasteiger partial charge in [0.15, 0.2) is 0 Å². The zero-order chi connectivity index (χ0) is 10.4. The van der Waals surface area contributed by atoms with E-state index in [-0.39, 0.29) is 0 Å². The predicted octanol–water partition coefficient (Wildman–Crippen LogP) is 3.30. The molecule has 0 spiro atoms. The quantitative estimate of drug-likeness (QED) is 0.729. The Morgan fingerprint density at radius 2 is 2.00 bits per heavy atom. The van der Waals surface area contributed by atoms with Gasteiger partial charge in [-0.15, -0.1) is 0 Å². The normalized spacial score (nSPS) is 27.4. The van der Waals surface area contributed by atoms with Gasteiger partial charge in [0.1, 0.15) is 0 Å². The van der Waals surface area contributed by atoms with Crippen LogP contribution in [0.25, 0.3) is 0 Å². The second kappa shape index (κ2) is 6.73. The third-order valence-corrected chi connectivity index (χ3v) is 4.75. The maximum absolute atomic E-state index is 3.76. The lowest BCUT2D eigenvalue weighted by Crippen LogP contribution is -2.37. The van der Waals surface area contributed by atoms with Crippen LogP contribution in [0, 0.1) is 5.92 Å². The van der Waals surface area contributed by atoms with Crippen LogP contribution in [0.3, 0.4) is 0 Å². The van der Waals surface area contributed by atoms with Crippen molar-refractivity contribution in [2.75, 3.05) is 12.8 Å². The van der Waals surface area contributed by atoms with E-state index in [4.69, 9.17) is 0 Å². The average Bonchev–Trinajstić information content (AvgIpc) is 2.67. The Hall–Kier alpha value is 0.310. The van der Waals surface area contributed by atoms with Gasteiger partial charge in [-0.1, -0.05) is 33.1 Å². The van der Waals surface area contributed by atoms with Crippen LogP contribution >= 0.6 is 11.8 Å². The molecule has 1 fully saturated rings. The van der Waals surface area contributed by atoms with Crippen molar-refractivity contribution in [1.29, 1.82) is 0 Å². The van der Waals surface area contributed by atoms with Crippen LogP contribution in [0.1, 0.15) is 46.0 Å². The first-order valence-corrected chi connectivity index (χ1v) is 7.36. The summed E-state index contributed by atoms with van der Waals surface area (Å²) in [5, 5.41) is 4.64.